The number of methoxy groups -OCH3 is 1. The molecule has 1 aromatic heterocycles. The smallest absolute Gasteiger partial charge is 0.198 e. The van der Waals surface area contributed by atoms with Gasteiger partial charge >= 0.3 is 0 Å². The van der Waals surface area contributed by atoms with Crippen molar-refractivity contribution in [3.63, 3.8) is 0 Å². The van der Waals surface area contributed by atoms with Crippen molar-refractivity contribution in [1.29, 1.82) is 0 Å². The number of aryl methyl sites for hydroxylation is 4. The van der Waals surface area contributed by atoms with E-state index in [4.69, 9.17) is 4.74 Å². The molecule has 1 aromatic carbocycles. The van der Waals surface area contributed by atoms with Crippen LogP contribution < -0.4 is 4.74 Å². The molecule has 0 spiro atoms. The molecule has 0 aliphatic rings. The molecule has 0 unspecified atom stereocenters. The summed E-state index contributed by atoms with van der Waals surface area (Å²) in [6.07, 6.45) is 0. The fourth-order valence-electron chi connectivity index (χ4n) is 2.30. The predicted octanol–water partition coefficient (Wildman–Crippen LogP) is 2.95. The highest BCUT2D eigenvalue weighted by atomic mass is 16.5. The molecule has 0 radical (unpaired) electrons. The van der Waals surface area contributed by atoms with E-state index >= 15 is 0 Å². The van der Waals surface area contributed by atoms with E-state index in [1.807, 2.05) is 32.9 Å². The second-order valence-electron chi connectivity index (χ2n) is 4.97. The maximum absolute atomic E-state index is 12.8. The molecule has 0 saturated heterocycles. The monoisotopic (exact) mass is 270 g/mol. The molecular weight excluding hydrogens is 252 g/mol. The van der Waals surface area contributed by atoms with Gasteiger partial charge < -0.3 is 4.74 Å². The van der Waals surface area contributed by atoms with Crippen LogP contribution in [0.1, 0.15) is 38.4 Å². The largest absolute Gasteiger partial charge is 0.496 e. The maximum Gasteiger partial charge on any atom is 0.198 e. The fraction of sp³-hybridized carbons (Fsp3) is 0.312. The molecule has 104 valence electrons. The number of aromatic nitrogens is 2. The maximum atomic E-state index is 12.8. The molecule has 2 aromatic rings. The topological polar surface area (TPSA) is 52.1 Å². The van der Waals surface area contributed by atoms with Crippen molar-refractivity contribution in [2.24, 2.45) is 0 Å². The van der Waals surface area contributed by atoms with Crippen molar-refractivity contribution >= 4 is 5.78 Å². The zero-order chi connectivity index (χ0) is 14.9. The second kappa shape index (κ2) is 5.41. The first-order chi connectivity index (χ1) is 9.43. The van der Waals surface area contributed by atoms with Gasteiger partial charge in [0, 0.05) is 5.56 Å². The number of benzene rings is 1. The lowest BCUT2D eigenvalue weighted by Crippen LogP contribution is -2.10. The van der Waals surface area contributed by atoms with E-state index in [2.05, 4.69) is 10.2 Å². The summed E-state index contributed by atoms with van der Waals surface area (Å²) >= 11 is 0. The fourth-order valence-corrected chi connectivity index (χ4v) is 2.30. The highest BCUT2D eigenvalue weighted by molar-refractivity contribution is 6.12. The van der Waals surface area contributed by atoms with E-state index < -0.39 is 0 Å². The molecule has 20 heavy (non-hydrogen) atoms. The van der Waals surface area contributed by atoms with Crippen LogP contribution in [0.2, 0.25) is 0 Å². The molecule has 0 fully saturated rings. The van der Waals surface area contributed by atoms with Crippen LogP contribution in [0.3, 0.4) is 0 Å². The summed E-state index contributed by atoms with van der Waals surface area (Å²) in [5, 5.41) is 7.98. The summed E-state index contributed by atoms with van der Waals surface area (Å²) in [6.45, 7) is 7.50. The zero-order valence-electron chi connectivity index (χ0n) is 12.4. The van der Waals surface area contributed by atoms with Gasteiger partial charge in [0.2, 0.25) is 0 Å². The minimum absolute atomic E-state index is 0.0742. The molecular formula is C16H18N2O2. The standard InChI is InChI=1S/C16H18N2O2/c1-9-6-10(2)15(14(7-9)20-5)16(19)13-8-11(3)17-18-12(13)4/h6-8H,1-5H3. The number of ether oxygens (including phenoxy) is 1. The molecule has 0 atom stereocenters. The lowest BCUT2D eigenvalue weighted by molar-refractivity contribution is 0.103. The molecule has 0 amide bonds. The molecule has 0 saturated carbocycles. The number of hydrogen-bond acceptors (Lipinski definition) is 4. The Morgan fingerprint density at radius 3 is 2.40 bits per heavy atom. The molecule has 1 heterocycles. The van der Waals surface area contributed by atoms with E-state index in [1.54, 1.807) is 20.1 Å². The summed E-state index contributed by atoms with van der Waals surface area (Å²) in [5.41, 5.74) is 4.49. The number of nitrogens with zero attached hydrogens (tertiary/aromatic N) is 2. The molecule has 4 nitrogen and oxygen atoms in total. The zero-order valence-corrected chi connectivity index (χ0v) is 12.4. The van der Waals surface area contributed by atoms with Gasteiger partial charge in [0.1, 0.15) is 5.75 Å². The third-order valence-electron chi connectivity index (χ3n) is 3.24. The van der Waals surface area contributed by atoms with Crippen LogP contribution in [0.4, 0.5) is 0 Å². The summed E-state index contributed by atoms with van der Waals surface area (Å²) in [7, 11) is 1.58. The van der Waals surface area contributed by atoms with Crippen molar-refractivity contribution in [3.8, 4) is 5.75 Å². The average molecular weight is 270 g/mol. The third-order valence-corrected chi connectivity index (χ3v) is 3.24. The van der Waals surface area contributed by atoms with Gasteiger partial charge in [-0.2, -0.15) is 10.2 Å². The minimum Gasteiger partial charge on any atom is -0.496 e. The number of rotatable bonds is 3. The summed E-state index contributed by atoms with van der Waals surface area (Å²) in [6, 6.07) is 5.62. The summed E-state index contributed by atoms with van der Waals surface area (Å²) in [5.74, 6) is 0.524. The van der Waals surface area contributed by atoms with Crippen molar-refractivity contribution in [2.45, 2.75) is 27.7 Å². The lowest BCUT2D eigenvalue weighted by atomic mass is 9.95. The minimum atomic E-state index is -0.0742. The first-order valence-corrected chi connectivity index (χ1v) is 6.45. The van der Waals surface area contributed by atoms with E-state index in [0.717, 1.165) is 16.8 Å². The van der Waals surface area contributed by atoms with E-state index in [1.165, 1.54) is 0 Å². The van der Waals surface area contributed by atoms with Gasteiger partial charge in [-0.15, -0.1) is 0 Å². The van der Waals surface area contributed by atoms with Gasteiger partial charge in [0.25, 0.3) is 0 Å². The molecule has 0 aliphatic heterocycles. The number of ketones is 1. The number of carbonyl (C=O) groups is 1. The van der Waals surface area contributed by atoms with E-state index in [9.17, 15) is 4.79 Å². The normalized spacial score (nSPS) is 10.4. The van der Waals surface area contributed by atoms with Crippen LogP contribution >= 0.6 is 0 Å². The molecule has 4 heteroatoms. The second-order valence-corrected chi connectivity index (χ2v) is 4.97. The Balaban J connectivity index is 2.62. The van der Waals surface area contributed by atoms with Crippen molar-refractivity contribution in [1.82, 2.24) is 10.2 Å². The molecule has 0 bridgehead atoms. The van der Waals surface area contributed by atoms with Gasteiger partial charge in [-0.1, -0.05) is 6.07 Å². The first-order valence-electron chi connectivity index (χ1n) is 6.45. The first kappa shape index (κ1) is 14.2. The Morgan fingerprint density at radius 1 is 1.05 bits per heavy atom. The van der Waals surface area contributed by atoms with Gasteiger partial charge in [0.05, 0.1) is 24.1 Å². The molecule has 0 N–H and O–H groups in total. The van der Waals surface area contributed by atoms with Crippen LogP contribution in [-0.2, 0) is 0 Å². The predicted molar refractivity (Wildman–Crippen MR) is 77.4 cm³/mol. The quantitative estimate of drug-likeness (QED) is 0.805. The lowest BCUT2D eigenvalue weighted by Gasteiger charge is -2.13. The third kappa shape index (κ3) is 2.54. The SMILES string of the molecule is COc1cc(C)cc(C)c1C(=O)c1cc(C)nnc1C. The highest BCUT2D eigenvalue weighted by Gasteiger charge is 2.20. The molecule has 0 aliphatic carbocycles. The van der Waals surface area contributed by atoms with Crippen LogP contribution in [-0.4, -0.2) is 23.1 Å². The summed E-state index contributed by atoms with van der Waals surface area (Å²) in [4.78, 5) is 12.8. The van der Waals surface area contributed by atoms with Crippen LogP contribution in [0.25, 0.3) is 0 Å². The Labute approximate surface area is 118 Å². The number of carbonyl (C=O) groups excluding carboxylic acids is 1. The van der Waals surface area contributed by atoms with E-state index in [0.29, 0.717) is 22.6 Å². The van der Waals surface area contributed by atoms with Crippen molar-refractivity contribution in [3.05, 3.63) is 51.8 Å². The van der Waals surface area contributed by atoms with Gasteiger partial charge in [-0.25, -0.2) is 0 Å². The van der Waals surface area contributed by atoms with Crippen LogP contribution in [0.5, 0.6) is 5.75 Å². The van der Waals surface area contributed by atoms with Gasteiger partial charge in [0.15, 0.2) is 5.78 Å². The Bertz CT molecular complexity index is 678. The average Bonchev–Trinajstić information content (AvgIpc) is 2.40. The van der Waals surface area contributed by atoms with Crippen molar-refractivity contribution < 1.29 is 9.53 Å². The Hall–Kier alpha value is -2.23. The van der Waals surface area contributed by atoms with Crippen LogP contribution in [0, 0.1) is 27.7 Å². The van der Waals surface area contributed by atoms with E-state index in [-0.39, 0.29) is 5.78 Å². The van der Waals surface area contributed by atoms with Gasteiger partial charge in [-0.3, -0.25) is 4.79 Å². The van der Waals surface area contributed by atoms with Crippen LogP contribution in [0.15, 0.2) is 18.2 Å². The van der Waals surface area contributed by atoms with Crippen molar-refractivity contribution in [2.75, 3.05) is 7.11 Å². The summed E-state index contributed by atoms with van der Waals surface area (Å²) < 4.78 is 5.36. The highest BCUT2D eigenvalue weighted by Crippen LogP contribution is 2.27. The molecule has 2 rings (SSSR count). The Kier molecular flexibility index (Phi) is 3.84. The number of hydrogen-bond donors (Lipinski definition) is 0. The Morgan fingerprint density at radius 2 is 1.75 bits per heavy atom. The van der Waals surface area contributed by atoms with Gasteiger partial charge in [-0.05, 0) is 51.0 Å².